The molecule has 3 nitrogen and oxygen atoms in total. The number of halogens is 8. The van der Waals surface area contributed by atoms with E-state index < -0.39 is 78.1 Å². The van der Waals surface area contributed by atoms with Crippen molar-refractivity contribution in [2.24, 2.45) is 11.8 Å². The number of alkyl halides is 3. The van der Waals surface area contributed by atoms with E-state index in [1.54, 1.807) is 0 Å². The summed E-state index contributed by atoms with van der Waals surface area (Å²) in [6, 6.07) is 0. The molecule has 1 heterocycles. The van der Waals surface area contributed by atoms with Crippen LogP contribution in [0, 0.1) is 11.8 Å². The van der Waals surface area contributed by atoms with E-state index in [1.807, 2.05) is 6.92 Å². The first-order chi connectivity index (χ1) is 17.0. The number of ether oxygens (including phenoxy) is 3. The third kappa shape index (κ3) is 5.52. The Bertz CT molecular complexity index is 1060. The van der Waals surface area contributed by atoms with Crippen LogP contribution in [-0.2, 0) is 14.2 Å². The maximum absolute atomic E-state index is 14.8. The van der Waals surface area contributed by atoms with Gasteiger partial charge in [-0.15, -0.1) is 0 Å². The van der Waals surface area contributed by atoms with Crippen molar-refractivity contribution in [3.8, 4) is 0 Å². The van der Waals surface area contributed by atoms with Gasteiger partial charge in [-0.25, -0.2) is 26.3 Å². The first-order valence-corrected chi connectivity index (χ1v) is 11.5. The Hall–Kier alpha value is -2.24. The summed E-state index contributed by atoms with van der Waals surface area (Å²) in [6.07, 6.45) is -7.21. The van der Waals surface area contributed by atoms with Gasteiger partial charge in [0.1, 0.15) is 23.7 Å². The maximum atomic E-state index is 14.8. The fourth-order valence-corrected chi connectivity index (χ4v) is 4.49. The zero-order chi connectivity index (χ0) is 26.2. The zero-order valence-corrected chi connectivity index (χ0v) is 19.2. The first-order valence-electron chi connectivity index (χ1n) is 11.5. The van der Waals surface area contributed by atoms with Gasteiger partial charge in [0.05, 0.1) is 24.9 Å². The van der Waals surface area contributed by atoms with Crippen LogP contribution in [0.1, 0.15) is 32.6 Å². The molecule has 1 aliphatic heterocycles. The van der Waals surface area contributed by atoms with Crippen molar-refractivity contribution < 1.29 is 49.3 Å². The predicted octanol–water partition coefficient (Wildman–Crippen LogP) is 7.46. The molecule has 36 heavy (non-hydrogen) atoms. The van der Waals surface area contributed by atoms with Crippen molar-refractivity contribution in [2.75, 3.05) is 13.2 Å². The second kappa shape index (κ2) is 10.6. The highest BCUT2D eigenvalue weighted by Gasteiger charge is 2.47. The highest BCUT2D eigenvalue weighted by molar-refractivity contribution is 5.41. The van der Waals surface area contributed by atoms with Crippen molar-refractivity contribution in [1.29, 1.82) is 0 Å². The Kier molecular flexibility index (Phi) is 7.92. The van der Waals surface area contributed by atoms with Crippen molar-refractivity contribution >= 4 is 0 Å². The van der Waals surface area contributed by atoms with E-state index in [0.29, 0.717) is 25.4 Å². The number of rotatable bonds is 6. The normalized spacial score (nSPS) is 32.2. The van der Waals surface area contributed by atoms with E-state index in [2.05, 4.69) is 4.74 Å². The van der Waals surface area contributed by atoms with Crippen LogP contribution >= 0.6 is 0 Å². The smallest absolute Gasteiger partial charge is 0.348 e. The van der Waals surface area contributed by atoms with E-state index in [-0.39, 0.29) is 23.5 Å². The molecule has 0 radical (unpaired) electrons. The van der Waals surface area contributed by atoms with Crippen LogP contribution in [0.2, 0.25) is 0 Å². The molecule has 0 bridgehead atoms. The Morgan fingerprint density at radius 3 is 2.28 bits per heavy atom. The van der Waals surface area contributed by atoms with Crippen LogP contribution in [0.15, 0.2) is 70.2 Å². The third-order valence-electron chi connectivity index (χ3n) is 6.53. The highest BCUT2D eigenvalue weighted by Crippen LogP contribution is 2.43. The minimum atomic E-state index is -4.42. The molecule has 198 valence electrons. The topological polar surface area (TPSA) is 27.7 Å². The van der Waals surface area contributed by atoms with Gasteiger partial charge in [-0.05, 0) is 42.2 Å². The molecule has 0 spiro atoms. The highest BCUT2D eigenvalue weighted by atomic mass is 19.3. The van der Waals surface area contributed by atoms with Crippen molar-refractivity contribution in [2.45, 2.75) is 57.3 Å². The second-order valence-corrected chi connectivity index (χ2v) is 9.05. The molecule has 0 saturated carbocycles. The molecule has 4 rings (SSSR count). The molecule has 4 aliphatic rings. The Morgan fingerprint density at radius 2 is 1.69 bits per heavy atom. The summed E-state index contributed by atoms with van der Waals surface area (Å²) in [5.41, 5.74) is -1.72. The summed E-state index contributed by atoms with van der Waals surface area (Å²) in [5.74, 6) is -8.26. The largest absolute Gasteiger partial charge is 0.385 e. The summed E-state index contributed by atoms with van der Waals surface area (Å²) in [5, 5.41) is 0. The van der Waals surface area contributed by atoms with Crippen LogP contribution in [-0.4, -0.2) is 37.9 Å². The quantitative estimate of drug-likeness (QED) is 0.338. The summed E-state index contributed by atoms with van der Waals surface area (Å²) in [7, 11) is 0. The van der Waals surface area contributed by atoms with E-state index in [1.165, 1.54) is 0 Å². The molecular formula is C25H24F8O3. The summed E-state index contributed by atoms with van der Waals surface area (Å²) >= 11 is 0. The summed E-state index contributed by atoms with van der Waals surface area (Å²) in [6.45, 7) is 2.55. The number of hydrogen-bond donors (Lipinski definition) is 0. The molecule has 0 N–H and O–H groups in total. The van der Waals surface area contributed by atoms with Gasteiger partial charge >= 0.3 is 6.11 Å². The standard InChI is InChI=1S/C25H24F8O3/c1-2-12-10-34-24(35-11-12)14-7-18(27)22(19(28)8-14)25(32,33)36-15-3-4-16(17(26)9-15)13-5-20(29)23(31)21(30)6-13/h4-5,7,9,12-13,15,19,24H,2-3,6,8,10-11H2,1H3. The van der Waals surface area contributed by atoms with Crippen LogP contribution in [0.5, 0.6) is 0 Å². The maximum Gasteiger partial charge on any atom is 0.385 e. The van der Waals surface area contributed by atoms with Gasteiger partial charge in [-0.3, -0.25) is 0 Å². The van der Waals surface area contributed by atoms with Crippen LogP contribution in [0.3, 0.4) is 0 Å². The first kappa shape index (κ1) is 26.8. The summed E-state index contributed by atoms with van der Waals surface area (Å²) in [4.78, 5) is 0. The minimum absolute atomic E-state index is 0.0378. The van der Waals surface area contributed by atoms with Crippen molar-refractivity contribution in [3.05, 3.63) is 70.2 Å². The van der Waals surface area contributed by atoms with E-state index in [0.717, 1.165) is 18.6 Å². The lowest BCUT2D eigenvalue weighted by Crippen LogP contribution is -2.38. The monoisotopic (exact) mass is 524 g/mol. The van der Waals surface area contributed by atoms with Crippen molar-refractivity contribution in [3.63, 3.8) is 0 Å². The third-order valence-corrected chi connectivity index (χ3v) is 6.53. The van der Waals surface area contributed by atoms with Crippen LogP contribution in [0.4, 0.5) is 35.1 Å². The van der Waals surface area contributed by atoms with Crippen LogP contribution in [0.25, 0.3) is 0 Å². The van der Waals surface area contributed by atoms with Crippen molar-refractivity contribution in [1.82, 2.24) is 0 Å². The van der Waals surface area contributed by atoms with Gasteiger partial charge in [-0.1, -0.05) is 13.0 Å². The fraction of sp³-hybridized carbons (Fsp3) is 0.520. The molecule has 0 amide bonds. The molecule has 1 saturated heterocycles. The zero-order valence-electron chi connectivity index (χ0n) is 19.2. The van der Waals surface area contributed by atoms with Gasteiger partial charge < -0.3 is 14.2 Å². The lowest BCUT2D eigenvalue weighted by atomic mass is 9.86. The Labute approximate surface area is 202 Å². The molecule has 1 fully saturated rings. The molecule has 0 aromatic heterocycles. The summed E-state index contributed by atoms with van der Waals surface area (Å²) < 4.78 is 129. The number of allylic oxidation sites excluding steroid dienone is 8. The Balaban J connectivity index is 1.45. The SMILES string of the molecule is CCC1COC(C2=CC(F)=C(C(F)(F)OC3C=C(F)C(C4C=C(F)C(F)=C(F)C4)=CC3)C(F)C2)OC1. The average molecular weight is 524 g/mol. The Morgan fingerprint density at radius 1 is 1.00 bits per heavy atom. The van der Waals surface area contributed by atoms with Gasteiger partial charge in [0, 0.05) is 24.7 Å². The lowest BCUT2D eigenvalue weighted by molar-refractivity contribution is -0.232. The second-order valence-electron chi connectivity index (χ2n) is 9.05. The fourth-order valence-electron chi connectivity index (χ4n) is 4.49. The van der Waals surface area contributed by atoms with E-state index >= 15 is 0 Å². The van der Waals surface area contributed by atoms with E-state index in [9.17, 15) is 35.1 Å². The van der Waals surface area contributed by atoms with Crippen LogP contribution < -0.4 is 0 Å². The molecule has 3 atom stereocenters. The van der Waals surface area contributed by atoms with Gasteiger partial charge in [0.15, 0.2) is 17.9 Å². The van der Waals surface area contributed by atoms with Gasteiger partial charge in [-0.2, -0.15) is 8.78 Å². The predicted molar refractivity (Wildman–Crippen MR) is 113 cm³/mol. The van der Waals surface area contributed by atoms with Gasteiger partial charge in [0.25, 0.3) is 0 Å². The van der Waals surface area contributed by atoms with E-state index in [4.69, 9.17) is 9.47 Å². The average Bonchev–Trinajstić information content (AvgIpc) is 2.81. The molecule has 3 aliphatic carbocycles. The molecule has 0 aromatic rings. The minimum Gasteiger partial charge on any atom is -0.348 e. The molecule has 0 aromatic carbocycles. The lowest BCUT2D eigenvalue weighted by Gasteiger charge is -2.34. The van der Waals surface area contributed by atoms with Gasteiger partial charge in [0.2, 0.25) is 0 Å². The molecule has 3 unspecified atom stereocenters. The molecule has 11 heteroatoms. The molecular weight excluding hydrogens is 500 g/mol. The number of hydrogen-bond acceptors (Lipinski definition) is 3.